The first kappa shape index (κ1) is 4.77. The van der Waals surface area contributed by atoms with Crippen molar-refractivity contribution in [3.8, 4) is 0 Å². The van der Waals surface area contributed by atoms with E-state index in [9.17, 15) is 0 Å². The van der Waals surface area contributed by atoms with Crippen LogP contribution < -0.4 is 5.43 Å². The molecular formula is C3H7N3S. The van der Waals surface area contributed by atoms with Crippen molar-refractivity contribution in [2.75, 3.05) is 0 Å². The standard InChI is InChI=1S/C3H7N3S/c1-3-5-4-2-6(3)7/h2-3,5,7H,1H3. The summed E-state index contributed by atoms with van der Waals surface area (Å²) in [6.07, 6.45) is 1.87. The highest BCUT2D eigenvalue weighted by atomic mass is 32.1. The van der Waals surface area contributed by atoms with Crippen LogP contribution in [0.3, 0.4) is 0 Å². The van der Waals surface area contributed by atoms with Crippen LogP contribution in [-0.4, -0.2) is 16.8 Å². The molecule has 0 bridgehead atoms. The SMILES string of the molecule is CC1NN=CN1S. The number of rotatable bonds is 0. The van der Waals surface area contributed by atoms with Crippen LogP contribution >= 0.6 is 12.8 Å². The molecule has 0 spiro atoms. The lowest BCUT2D eigenvalue weighted by atomic mass is 10.6. The molecule has 4 heteroatoms. The fraction of sp³-hybridized carbons (Fsp3) is 0.667. The van der Waals surface area contributed by atoms with Gasteiger partial charge in [-0.15, -0.1) is 0 Å². The summed E-state index contributed by atoms with van der Waals surface area (Å²) in [4.78, 5) is 0. The van der Waals surface area contributed by atoms with Gasteiger partial charge in [-0.25, -0.2) is 0 Å². The lowest BCUT2D eigenvalue weighted by Crippen LogP contribution is -2.26. The molecule has 1 heterocycles. The molecule has 0 amide bonds. The van der Waals surface area contributed by atoms with Crippen molar-refractivity contribution in [2.24, 2.45) is 5.10 Å². The van der Waals surface area contributed by atoms with Crippen LogP contribution in [0.15, 0.2) is 5.10 Å². The predicted octanol–water partition coefficient (Wildman–Crippen LogP) is 0.0257. The van der Waals surface area contributed by atoms with Gasteiger partial charge in [0.25, 0.3) is 0 Å². The number of hydrazone groups is 1. The highest BCUT2D eigenvalue weighted by Gasteiger charge is 2.08. The monoisotopic (exact) mass is 117 g/mol. The summed E-state index contributed by atoms with van der Waals surface area (Å²) in [5, 5.41) is 3.72. The molecule has 1 atom stereocenters. The number of nitrogens with zero attached hydrogens (tertiary/aromatic N) is 2. The lowest BCUT2D eigenvalue weighted by molar-refractivity contribution is 0.484. The molecule has 0 fully saturated rings. The number of hydrogen-bond donors (Lipinski definition) is 2. The Morgan fingerprint density at radius 2 is 2.71 bits per heavy atom. The third-order valence-electron chi connectivity index (χ3n) is 0.834. The van der Waals surface area contributed by atoms with E-state index in [2.05, 4.69) is 23.3 Å². The smallest absolute Gasteiger partial charge is 0.123 e. The summed E-state index contributed by atoms with van der Waals surface area (Å²) in [5.74, 6) is 0. The molecule has 7 heavy (non-hydrogen) atoms. The molecule has 1 aliphatic rings. The maximum Gasteiger partial charge on any atom is 0.123 e. The average Bonchev–Trinajstić information content (AvgIpc) is 1.91. The minimum absolute atomic E-state index is 0.239. The first-order chi connectivity index (χ1) is 3.30. The maximum absolute atomic E-state index is 4.01. The van der Waals surface area contributed by atoms with Gasteiger partial charge in [-0.05, 0) is 6.92 Å². The predicted molar refractivity (Wildman–Crippen MR) is 31.9 cm³/mol. The van der Waals surface area contributed by atoms with Crippen molar-refractivity contribution in [1.29, 1.82) is 0 Å². The van der Waals surface area contributed by atoms with E-state index >= 15 is 0 Å². The Hall–Kier alpha value is -0.380. The molecule has 3 nitrogen and oxygen atoms in total. The van der Waals surface area contributed by atoms with E-state index in [1.165, 1.54) is 0 Å². The van der Waals surface area contributed by atoms with Gasteiger partial charge < -0.3 is 0 Å². The normalized spacial score (nSPS) is 28.3. The molecule has 0 saturated carbocycles. The number of thiol groups is 1. The lowest BCUT2D eigenvalue weighted by Gasteiger charge is -2.10. The van der Waals surface area contributed by atoms with Crippen molar-refractivity contribution in [3.05, 3.63) is 0 Å². The minimum Gasteiger partial charge on any atom is -0.286 e. The molecule has 0 radical (unpaired) electrons. The first-order valence-electron chi connectivity index (χ1n) is 2.06. The molecule has 0 aromatic heterocycles. The fourth-order valence-corrected chi connectivity index (χ4v) is 0.463. The van der Waals surface area contributed by atoms with Crippen LogP contribution in [0.1, 0.15) is 6.92 Å². The molecule has 1 unspecified atom stereocenters. The molecule has 1 N–H and O–H groups in total. The molecule has 40 valence electrons. The van der Waals surface area contributed by atoms with Crippen molar-refractivity contribution in [3.63, 3.8) is 0 Å². The van der Waals surface area contributed by atoms with Crippen LogP contribution in [0, 0.1) is 0 Å². The van der Waals surface area contributed by atoms with Crippen LogP contribution in [-0.2, 0) is 0 Å². The van der Waals surface area contributed by atoms with Crippen molar-refractivity contribution in [1.82, 2.24) is 9.73 Å². The van der Waals surface area contributed by atoms with Crippen LogP contribution in [0.5, 0.6) is 0 Å². The van der Waals surface area contributed by atoms with Crippen molar-refractivity contribution >= 4 is 19.2 Å². The Kier molecular flexibility index (Phi) is 1.10. The summed E-state index contributed by atoms with van der Waals surface area (Å²) in [5.41, 5.74) is 2.79. The average molecular weight is 117 g/mol. The van der Waals surface area contributed by atoms with E-state index in [4.69, 9.17) is 0 Å². The van der Waals surface area contributed by atoms with Crippen molar-refractivity contribution < 1.29 is 0 Å². The zero-order chi connectivity index (χ0) is 5.28. The fourth-order valence-electron chi connectivity index (χ4n) is 0.360. The van der Waals surface area contributed by atoms with Crippen LogP contribution in [0.2, 0.25) is 0 Å². The van der Waals surface area contributed by atoms with Gasteiger partial charge in [-0.1, -0.05) is 12.8 Å². The Labute approximate surface area is 47.9 Å². The Bertz CT molecular complexity index is 92.2. The molecule has 0 aliphatic carbocycles. The zero-order valence-electron chi connectivity index (χ0n) is 4.00. The Morgan fingerprint density at radius 3 is 2.86 bits per heavy atom. The summed E-state index contributed by atoms with van der Waals surface area (Å²) < 4.78 is 1.69. The molecule has 0 aromatic carbocycles. The second-order valence-electron chi connectivity index (χ2n) is 1.43. The van der Waals surface area contributed by atoms with Gasteiger partial charge in [0.2, 0.25) is 0 Å². The maximum atomic E-state index is 4.01. The van der Waals surface area contributed by atoms with E-state index in [-0.39, 0.29) is 6.17 Å². The largest absolute Gasteiger partial charge is 0.286 e. The van der Waals surface area contributed by atoms with E-state index in [1.54, 1.807) is 10.6 Å². The van der Waals surface area contributed by atoms with Gasteiger partial charge in [0.1, 0.15) is 12.5 Å². The van der Waals surface area contributed by atoms with Gasteiger partial charge in [-0.3, -0.25) is 9.73 Å². The zero-order valence-corrected chi connectivity index (χ0v) is 4.89. The number of hydrogen-bond acceptors (Lipinski definition) is 4. The van der Waals surface area contributed by atoms with Gasteiger partial charge in [0.05, 0.1) is 0 Å². The third-order valence-corrected chi connectivity index (χ3v) is 1.28. The van der Waals surface area contributed by atoms with Gasteiger partial charge >= 0.3 is 0 Å². The topological polar surface area (TPSA) is 27.6 Å². The van der Waals surface area contributed by atoms with Gasteiger partial charge in [0.15, 0.2) is 0 Å². The van der Waals surface area contributed by atoms with E-state index in [0.717, 1.165) is 0 Å². The van der Waals surface area contributed by atoms with Crippen LogP contribution in [0.4, 0.5) is 0 Å². The first-order valence-corrected chi connectivity index (χ1v) is 2.46. The van der Waals surface area contributed by atoms with E-state index in [0.29, 0.717) is 0 Å². The highest BCUT2D eigenvalue weighted by molar-refractivity contribution is 7.78. The highest BCUT2D eigenvalue weighted by Crippen LogP contribution is 1.99. The quantitative estimate of drug-likeness (QED) is 0.438. The molecule has 1 rings (SSSR count). The Balaban J connectivity index is 2.45. The van der Waals surface area contributed by atoms with E-state index < -0.39 is 0 Å². The summed E-state index contributed by atoms with van der Waals surface area (Å²) in [6.45, 7) is 1.97. The van der Waals surface area contributed by atoms with Crippen LogP contribution in [0.25, 0.3) is 0 Å². The van der Waals surface area contributed by atoms with Crippen molar-refractivity contribution in [2.45, 2.75) is 13.1 Å². The van der Waals surface area contributed by atoms with E-state index in [1.807, 2.05) is 6.92 Å². The molecule has 0 aromatic rings. The summed E-state index contributed by atoms with van der Waals surface area (Å²) in [6, 6.07) is 0. The summed E-state index contributed by atoms with van der Waals surface area (Å²) >= 11 is 4.01. The molecular weight excluding hydrogens is 110 g/mol. The summed E-state index contributed by atoms with van der Waals surface area (Å²) in [7, 11) is 0. The minimum atomic E-state index is 0.239. The third kappa shape index (κ3) is 0.796. The second kappa shape index (κ2) is 1.61. The van der Waals surface area contributed by atoms with Gasteiger partial charge in [-0.2, -0.15) is 5.10 Å². The molecule has 1 aliphatic heterocycles. The van der Waals surface area contributed by atoms with Gasteiger partial charge in [0, 0.05) is 0 Å². The number of nitrogens with one attached hydrogen (secondary N) is 1. The Morgan fingerprint density at radius 1 is 2.00 bits per heavy atom. The second-order valence-corrected chi connectivity index (χ2v) is 1.89. The molecule has 0 saturated heterocycles.